The van der Waals surface area contributed by atoms with Crippen molar-refractivity contribution in [2.45, 2.75) is 47.5 Å². The van der Waals surface area contributed by atoms with Crippen LogP contribution >= 0.6 is 0 Å². The minimum absolute atomic E-state index is 0.581. The molecule has 3 heterocycles. The summed E-state index contributed by atoms with van der Waals surface area (Å²) in [5, 5.41) is 2.38. The Labute approximate surface area is 177 Å². The molecule has 0 saturated heterocycles. The molecule has 30 heavy (non-hydrogen) atoms. The van der Waals surface area contributed by atoms with Crippen LogP contribution in [0.2, 0.25) is 0 Å². The average Bonchev–Trinajstić information content (AvgIpc) is 3.07. The van der Waals surface area contributed by atoms with Gasteiger partial charge in [-0.2, -0.15) is 0 Å². The van der Waals surface area contributed by atoms with E-state index < -0.39 is 0 Å². The van der Waals surface area contributed by atoms with Gasteiger partial charge in [0.05, 0.1) is 22.1 Å². The molecule has 0 N–H and O–H groups in total. The molecule has 2 aromatic carbocycles. The SMILES string of the molecule is Cc1cc(CC(C)C)nc2c3ccccc3n3c(nc4cccc(CC(C)C)c43)c12. The Hall–Kier alpha value is -2.94. The lowest BCUT2D eigenvalue weighted by Gasteiger charge is -2.14. The van der Waals surface area contributed by atoms with Crippen LogP contribution in [0.25, 0.3) is 38.5 Å². The van der Waals surface area contributed by atoms with Gasteiger partial charge in [-0.3, -0.25) is 9.38 Å². The summed E-state index contributed by atoms with van der Waals surface area (Å²) in [6, 6.07) is 17.5. The second-order valence-electron chi connectivity index (χ2n) is 9.42. The van der Waals surface area contributed by atoms with Crippen molar-refractivity contribution in [1.29, 1.82) is 0 Å². The van der Waals surface area contributed by atoms with Crippen LogP contribution in [0.5, 0.6) is 0 Å². The van der Waals surface area contributed by atoms with Crippen molar-refractivity contribution in [2.24, 2.45) is 11.8 Å². The van der Waals surface area contributed by atoms with Gasteiger partial charge in [0, 0.05) is 16.5 Å². The first-order valence-corrected chi connectivity index (χ1v) is 11.0. The molecule has 3 nitrogen and oxygen atoms in total. The van der Waals surface area contributed by atoms with Crippen LogP contribution in [-0.2, 0) is 12.8 Å². The monoisotopic (exact) mass is 395 g/mol. The summed E-state index contributed by atoms with van der Waals surface area (Å²) >= 11 is 0. The summed E-state index contributed by atoms with van der Waals surface area (Å²) in [4.78, 5) is 10.3. The molecule has 0 aliphatic heterocycles. The molecular weight excluding hydrogens is 366 g/mol. The molecule has 0 saturated carbocycles. The highest BCUT2D eigenvalue weighted by Crippen LogP contribution is 2.35. The van der Waals surface area contributed by atoms with E-state index in [1.165, 1.54) is 38.6 Å². The van der Waals surface area contributed by atoms with E-state index in [-0.39, 0.29) is 0 Å². The van der Waals surface area contributed by atoms with Gasteiger partial charge in [-0.05, 0) is 60.9 Å². The summed E-state index contributed by atoms with van der Waals surface area (Å²) in [7, 11) is 0. The Bertz CT molecular complexity index is 1410. The average molecular weight is 396 g/mol. The fourth-order valence-corrected chi connectivity index (χ4v) is 4.81. The van der Waals surface area contributed by atoms with Crippen molar-refractivity contribution in [2.75, 3.05) is 0 Å². The van der Waals surface area contributed by atoms with E-state index in [1.54, 1.807) is 0 Å². The molecule has 0 radical (unpaired) electrons. The number of imidazole rings is 1. The first kappa shape index (κ1) is 19.0. The number of para-hydroxylation sites is 2. The number of fused-ring (bicyclic) bond motifs is 8. The van der Waals surface area contributed by atoms with Crippen LogP contribution in [0.4, 0.5) is 0 Å². The second kappa shape index (κ2) is 7.09. The van der Waals surface area contributed by atoms with Crippen molar-refractivity contribution in [3.8, 4) is 0 Å². The zero-order valence-corrected chi connectivity index (χ0v) is 18.5. The third kappa shape index (κ3) is 2.96. The van der Waals surface area contributed by atoms with Gasteiger partial charge < -0.3 is 0 Å². The van der Waals surface area contributed by atoms with Crippen LogP contribution < -0.4 is 0 Å². The lowest BCUT2D eigenvalue weighted by atomic mass is 10.0. The maximum Gasteiger partial charge on any atom is 0.148 e. The number of nitrogens with zero attached hydrogens (tertiary/aromatic N) is 3. The van der Waals surface area contributed by atoms with E-state index >= 15 is 0 Å². The third-order valence-electron chi connectivity index (χ3n) is 5.90. The molecule has 0 fully saturated rings. The Morgan fingerprint density at radius 3 is 2.40 bits per heavy atom. The van der Waals surface area contributed by atoms with E-state index in [0.29, 0.717) is 11.8 Å². The van der Waals surface area contributed by atoms with Crippen LogP contribution in [0, 0.1) is 18.8 Å². The van der Waals surface area contributed by atoms with E-state index in [9.17, 15) is 0 Å². The lowest BCUT2D eigenvalue weighted by molar-refractivity contribution is 0.637. The Balaban J connectivity index is 1.99. The van der Waals surface area contributed by atoms with Crippen molar-refractivity contribution in [3.63, 3.8) is 0 Å². The highest BCUT2D eigenvalue weighted by molar-refractivity contribution is 6.13. The van der Waals surface area contributed by atoms with Gasteiger partial charge in [-0.15, -0.1) is 0 Å². The van der Waals surface area contributed by atoms with Crippen LogP contribution in [0.15, 0.2) is 48.5 Å². The largest absolute Gasteiger partial charge is 0.291 e. The molecule has 152 valence electrons. The molecule has 5 rings (SSSR count). The van der Waals surface area contributed by atoms with E-state index in [1.807, 2.05) is 0 Å². The quantitative estimate of drug-likeness (QED) is 0.310. The van der Waals surface area contributed by atoms with Gasteiger partial charge in [0.25, 0.3) is 0 Å². The molecule has 3 heteroatoms. The fraction of sp³-hybridized carbons (Fsp3) is 0.333. The van der Waals surface area contributed by atoms with Gasteiger partial charge in [0.15, 0.2) is 0 Å². The van der Waals surface area contributed by atoms with Gasteiger partial charge >= 0.3 is 0 Å². The molecule has 0 spiro atoms. The number of rotatable bonds is 4. The molecule has 0 aliphatic carbocycles. The van der Waals surface area contributed by atoms with Gasteiger partial charge in [0.1, 0.15) is 5.65 Å². The summed E-state index contributed by atoms with van der Waals surface area (Å²) < 4.78 is 2.38. The van der Waals surface area contributed by atoms with Crippen LogP contribution in [0.3, 0.4) is 0 Å². The summed E-state index contributed by atoms with van der Waals surface area (Å²) in [6.45, 7) is 11.3. The zero-order valence-electron chi connectivity index (χ0n) is 18.5. The van der Waals surface area contributed by atoms with Crippen molar-refractivity contribution >= 4 is 38.5 Å². The van der Waals surface area contributed by atoms with E-state index in [4.69, 9.17) is 9.97 Å². The number of aromatic nitrogens is 3. The Morgan fingerprint density at radius 2 is 1.63 bits per heavy atom. The van der Waals surface area contributed by atoms with Gasteiger partial charge in [-0.25, -0.2) is 4.98 Å². The Morgan fingerprint density at radius 1 is 0.867 bits per heavy atom. The molecule has 0 aliphatic rings. The topological polar surface area (TPSA) is 30.2 Å². The predicted octanol–water partition coefficient (Wildman–Crippen LogP) is 6.89. The maximum atomic E-state index is 5.14. The smallest absolute Gasteiger partial charge is 0.148 e. The maximum absolute atomic E-state index is 5.14. The van der Waals surface area contributed by atoms with E-state index in [0.717, 1.165) is 29.5 Å². The summed E-state index contributed by atoms with van der Waals surface area (Å²) in [5.74, 6) is 1.17. The second-order valence-corrected chi connectivity index (χ2v) is 9.42. The number of benzene rings is 2. The fourth-order valence-electron chi connectivity index (χ4n) is 4.81. The molecule has 0 bridgehead atoms. The Kier molecular flexibility index (Phi) is 4.50. The molecule has 0 amide bonds. The predicted molar refractivity (Wildman–Crippen MR) is 127 cm³/mol. The van der Waals surface area contributed by atoms with Gasteiger partial charge in [0.2, 0.25) is 0 Å². The van der Waals surface area contributed by atoms with Crippen LogP contribution in [-0.4, -0.2) is 14.4 Å². The van der Waals surface area contributed by atoms with Crippen LogP contribution in [0.1, 0.15) is 44.5 Å². The zero-order chi connectivity index (χ0) is 21.0. The molecular formula is C27H29N3. The third-order valence-corrected chi connectivity index (χ3v) is 5.90. The molecule has 5 aromatic rings. The van der Waals surface area contributed by atoms with Crippen molar-refractivity contribution in [1.82, 2.24) is 14.4 Å². The van der Waals surface area contributed by atoms with E-state index in [2.05, 4.69) is 87.6 Å². The van der Waals surface area contributed by atoms with Crippen molar-refractivity contribution in [3.05, 3.63) is 65.4 Å². The highest BCUT2D eigenvalue weighted by atomic mass is 15.0. The molecule has 0 atom stereocenters. The minimum atomic E-state index is 0.581. The van der Waals surface area contributed by atoms with Gasteiger partial charge in [-0.1, -0.05) is 58.0 Å². The number of hydrogen-bond donors (Lipinski definition) is 0. The number of aryl methyl sites for hydroxylation is 1. The summed E-state index contributed by atoms with van der Waals surface area (Å²) in [6.07, 6.45) is 2.04. The minimum Gasteiger partial charge on any atom is -0.291 e. The summed E-state index contributed by atoms with van der Waals surface area (Å²) in [5.41, 5.74) is 9.38. The molecule has 3 aromatic heterocycles. The normalized spacial score (nSPS) is 12.4. The number of hydrogen-bond acceptors (Lipinski definition) is 2. The first-order valence-electron chi connectivity index (χ1n) is 11.0. The van der Waals surface area contributed by atoms with Crippen molar-refractivity contribution < 1.29 is 0 Å². The highest BCUT2D eigenvalue weighted by Gasteiger charge is 2.19. The lowest BCUT2D eigenvalue weighted by Crippen LogP contribution is -2.02. The standard InChI is InChI=1S/C27H29N3/c1-16(2)13-19-9-8-11-22-26(19)30-23-12-7-6-10-21(23)25-24(27(30)29-22)18(5)15-20(28-25)14-17(3)4/h6-12,15-17H,13-14H2,1-5H3. The number of pyridine rings is 2. The molecule has 0 unspecified atom stereocenters. The first-order chi connectivity index (χ1) is 14.4.